The second-order valence-corrected chi connectivity index (χ2v) is 2.35. The van der Waals surface area contributed by atoms with E-state index in [9.17, 15) is 4.21 Å². The normalized spacial score (nSPS) is 15.1. The molecule has 0 bridgehead atoms. The Balaban J connectivity index is 3.14. The van der Waals surface area contributed by atoms with Crippen LogP contribution >= 0.6 is 15.9 Å². The summed E-state index contributed by atoms with van der Waals surface area (Å²) in [6.07, 6.45) is 1.57. The van der Waals surface area contributed by atoms with Gasteiger partial charge in [0.1, 0.15) is 0 Å². The fourth-order valence-electron chi connectivity index (χ4n) is 0.119. The molecule has 0 heterocycles. The molecule has 1 atom stereocenters. The van der Waals surface area contributed by atoms with Gasteiger partial charge in [-0.25, -0.2) is 4.21 Å². The predicted molar refractivity (Wildman–Crippen MR) is 33.7 cm³/mol. The van der Waals surface area contributed by atoms with Gasteiger partial charge in [0.15, 0.2) is 11.1 Å². The zero-order valence-electron chi connectivity index (χ0n) is 3.50. The molecule has 1 N–H and O–H groups in total. The molecule has 0 aromatic carbocycles. The van der Waals surface area contributed by atoms with Gasteiger partial charge in [-0.05, 0) is 4.99 Å². The fourth-order valence-corrected chi connectivity index (χ4v) is 0.814. The summed E-state index contributed by atoms with van der Waals surface area (Å²) in [4.78, 5) is 1.56. The average molecular weight is 185 g/mol. The number of hydrogen-bond donors (Lipinski definition) is 1. The van der Waals surface area contributed by atoms with Crippen molar-refractivity contribution in [2.45, 2.75) is 0 Å². The Hall–Kier alpha value is 0.330. The highest BCUT2D eigenvalue weighted by Crippen LogP contribution is 1.82. The number of halogens is 1. The molecule has 0 spiro atoms. The van der Waals surface area contributed by atoms with Gasteiger partial charge in [-0.2, -0.15) is 0 Å². The Morgan fingerprint density at radius 2 is 2.43 bits per heavy atom. The molecule has 0 saturated heterocycles. The Morgan fingerprint density at radius 3 is 2.57 bits per heavy atom. The quantitative estimate of drug-likeness (QED) is 0.654. The maximum Gasteiger partial charge on any atom is 0.156 e. The Labute approximate surface area is 53.0 Å². The van der Waals surface area contributed by atoms with Crippen LogP contribution in [0, 0.1) is 0 Å². The fraction of sp³-hybridized carbons (Fsp3) is 0.333. The van der Waals surface area contributed by atoms with Crippen molar-refractivity contribution < 1.29 is 8.76 Å². The van der Waals surface area contributed by atoms with Crippen LogP contribution in [-0.2, 0) is 11.1 Å². The summed E-state index contributed by atoms with van der Waals surface area (Å²) in [6, 6.07) is 0. The highest BCUT2D eigenvalue weighted by molar-refractivity contribution is 9.11. The lowest BCUT2D eigenvalue weighted by Gasteiger charge is -1.78. The molecule has 2 nitrogen and oxygen atoms in total. The first-order valence-corrected chi connectivity index (χ1v) is 3.79. The molecule has 0 rings (SSSR count). The molecule has 0 aromatic heterocycles. The molecule has 0 saturated carbocycles. The maximum atomic E-state index is 9.80. The lowest BCUT2D eigenvalue weighted by atomic mass is 10.8. The van der Waals surface area contributed by atoms with Crippen molar-refractivity contribution in [3.63, 3.8) is 0 Å². The minimum Gasteiger partial charge on any atom is -0.306 e. The first-order chi connectivity index (χ1) is 3.27. The van der Waals surface area contributed by atoms with Crippen LogP contribution in [0.3, 0.4) is 0 Å². The van der Waals surface area contributed by atoms with Crippen molar-refractivity contribution >= 4 is 27.0 Å². The van der Waals surface area contributed by atoms with Gasteiger partial charge in [-0.3, -0.25) is 0 Å². The summed E-state index contributed by atoms with van der Waals surface area (Å²) in [5, 5.41) is 0. The van der Waals surface area contributed by atoms with E-state index in [1.54, 1.807) is 11.1 Å². The summed E-state index contributed by atoms with van der Waals surface area (Å²) in [6.45, 7) is 0. The summed E-state index contributed by atoms with van der Waals surface area (Å²) < 4.78 is 17.9. The van der Waals surface area contributed by atoms with E-state index >= 15 is 0 Å². The van der Waals surface area contributed by atoms with E-state index in [0.717, 1.165) is 0 Å². The number of hydrogen-bond acceptors (Lipinski definition) is 1. The van der Waals surface area contributed by atoms with Crippen LogP contribution in [0.1, 0.15) is 0 Å². The van der Waals surface area contributed by atoms with E-state index in [0.29, 0.717) is 0 Å². The van der Waals surface area contributed by atoms with E-state index in [1.807, 2.05) is 0 Å². The molecule has 0 aliphatic carbocycles. The Bertz CT molecular complexity index is 90.9. The largest absolute Gasteiger partial charge is 0.306 e. The monoisotopic (exact) mass is 184 g/mol. The highest BCUT2D eigenvalue weighted by Gasteiger charge is 1.81. The van der Waals surface area contributed by atoms with E-state index in [2.05, 4.69) is 15.9 Å². The van der Waals surface area contributed by atoms with Crippen molar-refractivity contribution in [3.05, 3.63) is 11.1 Å². The molecule has 4 heteroatoms. The zero-order valence-corrected chi connectivity index (χ0v) is 5.91. The third-order valence-electron chi connectivity index (χ3n) is 0.328. The lowest BCUT2D eigenvalue weighted by molar-refractivity contribution is 0.567. The topological polar surface area (TPSA) is 37.3 Å². The van der Waals surface area contributed by atoms with Gasteiger partial charge in [0.25, 0.3) is 0 Å². The molecule has 0 fully saturated rings. The average Bonchev–Trinajstić information content (AvgIpc) is 1.61. The van der Waals surface area contributed by atoms with Crippen molar-refractivity contribution in [3.8, 4) is 0 Å². The van der Waals surface area contributed by atoms with Crippen molar-refractivity contribution in [2.24, 2.45) is 0 Å². The second-order valence-electron chi connectivity index (χ2n) is 0.850. The van der Waals surface area contributed by atoms with Crippen molar-refractivity contribution in [2.75, 3.05) is 5.75 Å². The summed E-state index contributed by atoms with van der Waals surface area (Å²) in [7, 11) is 0. The standard InChI is InChI=1S/C3H5BrO2S/c4-2-1-3-7(5)6/h1-2H,3H2,(H,5,6). The zero-order chi connectivity index (χ0) is 5.70. The van der Waals surface area contributed by atoms with Crippen LogP contribution in [0.5, 0.6) is 0 Å². The van der Waals surface area contributed by atoms with Crippen molar-refractivity contribution in [1.82, 2.24) is 0 Å². The predicted octanol–water partition coefficient (Wildman–Crippen LogP) is 1.12. The Kier molecular flexibility index (Phi) is 4.70. The second kappa shape index (κ2) is 4.49. The number of rotatable bonds is 2. The van der Waals surface area contributed by atoms with Gasteiger partial charge in [0.2, 0.25) is 0 Å². The van der Waals surface area contributed by atoms with Gasteiger partial charge >= 0.3 is 0 Å². The molecule has 1 unspecified atom stereocenters. The summed E-state index contributed by atoms with van der Waals surface area (Å²) >= 11 is 1.27. The molecule has 7 heavy (non-hydrogen) atoms. The minimum absolute atomic E-state index is 0.200. The molecular formula is C3H5BrO2S. The van der Waals surface area contributed by atoms with Gasteiger partial charge in [-0.1, -0.05) is 22.0 Å². The molecule has 0 aliphatic rings. The smallest absolute Gasteiger partial charge is 0.156 e. The van der Waals surface area contributed by atoms with Crippen LogP contribution in [0.15, 0.2) is 11.1 Å². The highest BCUT2D eigenvalue weighted by atomic mass is 79.9. The molecule has 0 amide bonds. The third-order valence-corrected chi connectivity index (χ3v) is 1.18. The molecule has 0 radical (unpaired) electrons. The van der Waals surface area contributed by atoms with Crippen LogP contribution in [0.4, 0.5) is 0 Å². The van der Waals surface area contributed by atoms with Gasteiger partial charge in [0.05, 0.1) is 5.75 Å². The van der Waals surface area contributed by atoms with Crippen molar-refractivity contribution in [1.29, 1.82) is 0 Å². The summed E-state index contributed by atoms with van der Waals surface area (Å²) in [5.41, 5.74) is 0. The first-order valence-electron chi connectivity index (χ1n) is 1.60. The Morgan fingerprint density at radius 1 is 1.86 bits per heavy atom. The van der Waals surface area contributed by atoms with E-state index in [-0.39, 0.29) is 5.75 Å². The van der Waals surface area contributed by atoms with Gasteiger partial charge < -0.3 is 4.55 Å². The molecular weight excluding hydrogens is 180 g/mol. The maximum absolute atomic E-state index is 9.80. The van der Waals surface area contributed by atoms with Crippen LogP contribution in [0.25, 0.3) is 0 Å². The minimum atomic E-state index is -1.68. The van der Waals surface area contributed by atoms with E-state index in [4.69, 9.17) is 4.55 Å². The summed E-state index contributed by atoms with van der Waals surface area (Å²) in [5.74, 6) is 0.200. The third kappa shape index (κ3) is 6.33. The SMILES string of the molecule is O=S(O)CC=CBr. The van der Waals surface area contributed by atoms with Gasteiger partial charge in [0, 0.05) is 0 Å². The molecule has 0 aliphatic heterocycles. The van der Waals surface area contributed by atoms with Gasteiger partial charge in [-0.15, -0.1) is 0 Å². The first kappa shape index (κ1) is 7.33. The molecule has 42 valence electrons. The molecule has 0 aromatic rings. The van der Waals surface area contributed by atoms with E-state index < -0.39 is 11.1 Å². The van der Waals surface area contributed by atoms with Crippen LogP contribution in [-0.4, -0.2) is 14.5 Å². The van der Waals surface area contributed by atoms with Crippen LogP contribution in [0.2, 0.25) is 0 Å². The van der Waals surface area contributed by atoms with E-state index in [1.165, 1.54) is 0 Å². The lowest BCUT2D eigenvalue weighted by Crippen LogP contribution is -1.87. The van der Waals surface area contributed by atoms with Crippen LogP contribution < -0.4 is 0 Å².